The van der Waals surface area contributed by atoms with Crippen LogP contribution in [0.25, 0.3) is 0 Å². The molecule has 0 saturated carbocycles. The van der Waals surface area contributed by atoms with Gasteiger partial charge in [-0.05, 0) is 19.4 Å². The second kappa shape index (κ2) is 6.31. The fourth-order valence-corrected chi connectivity index (χ4v) is 2.23. The van der Waals surface area contributed by atoms with E-state index in [9.17, 15) is 4.79 Å². The molecule has 0 spiro atoms. The van der Waals surface area contributed by atoms with Crippen molar-refractivity contribution in [3.8, 4) is 0 Å². The summed E-state index contributed by atoms with van der Waals surface area (Å²) in [6.45, 7) is 4.01. The Morgan fingerprint density at radius 1 is 1.35 bits per heavy atom. The van der Waals surface area contributed by atoms with Crippen molar-refractivity contribution in [1.29, 1.82) is 0 Å². The maximum absolute atomic E-state index is 11.7. The number of alkyl halides is 2. The number of ether oxygens (including phenoxy) is 2. The second-order valence-electron chi connectivity index (χ2n) is 5.08. The van der Waals surface area contributed by atoms with Crippen LogP contribution in [0.3, 0.4) is 0 Å². The van der Waals surface area contributed by atoms with E-state index in [0.717, 1.165) is 5.56 Å². The topological polar surface area (TPSA) is 47.6 Å². The molecule has 1 N–H and O–H groups in total. The van der Waals surface area contributed by atoms with Gasteiger partial charge in [0, 0.05) is 0 Å². The van der Waals surface area contributed by atoms with Crippen LogP contribution < -0.4 is 5.32 Å². The Morgan fingerprint density at radius 2 is 2.00 bits per heavy atom. The number of benzene rings is 1. The fourth-order valence-electron chi connectivity index (χ4n) is 2.11. The van der Waals surface area contributed by atoms with E-state index >= 15 is 0 Å². The van der Waals surface area contributed by atoms with Crippen LogP contribution in [0.1, 0.15) is 25.5 Å². The van der Waals surface area contributed by atoms with E-state index in [0.29, 0.717) is 6.61 Å². The summed E-state index contributed by atoms with van der Waals surface area (Å²) in [4.78, 5) is 10.6. The zero-order chi connectivity index (χ0) is 14.8. The highest BCUT2D eigenvalue weighted by atomic mass is 35.5. The largest absolute Gasteiger partial charge is 0.348 e. The molecule has 0 aromatic heterocycles. The lowest BCUT2D eigenvalue weighted by Gasteiger charge is -2.41. The molecule has 2 rings (SSSR count). The number of hydrogen-bond acceptors (Lipinski definition) is 3. The first-order valence-electron chi connectivity index (χ1n) is 6.34. The molecule has 1 aliphatic rings. The van der Waals surface area contributed by atoms with Gasteiger partial charge in [0.05, 0.1) is 12.6 Å². The predicted octanol–water partition coefficient (Wildman–Crippen LogP) is 2.80. The van der Waals surface area contributed by atoms with E-state index < -0.39 is 16.5 Å². The van der Waals surface area contributed by atoms with Crippen LogP contribution in [0, 0.1) is 0 Å². The summed E-state index contributed by atoms with van der Waals surface area (Å²) >= 11 is 11.1. The molecule has 0 bridgehead atoms. The molecule has 20 heavy (non-hydrogen) atoms. The van der Waals surface area contributed by atoms with E-state index in [2.05, 4.69) is 5.32 Å². The molecule has 4 nitrogen and oxygen atoms in total. The van der Waals surface area contributed by atoms with Crippen LogP contribution in [0.2, 0.25) is 0 Å². The molecule has 0 unspecified atom stereocenters. The van der Waals surface area contributed by atoms with Crippen LogP contribution in [-0.2, 0) is 14.3 Å². The highest BCUT2D eigenvalue weighted by Gasteiger charge is 2.38. The molecule has 1 aromatic carbocycles. The zero-order valence-electron chi connectivity index (χ0n) is 11.3. The molecular weight excluding hydrogens is 301 g/mol. The maximum atomic E-state index is 11.7. The lowest BCUT2D eigenvalue weighted by atomic mass is 10.0. The minimum atomic E-state index is -1.11. The standard InChI is InChI=1S/C14H17Cl2NO3/c1-14(2)19-8-10(17-13(18)12(15)16)11(20-14)9-6-4-3-5-7-9/h3-7,10-12H,8H2,1-2H3,(H,17,18)/t10-,11+/m1/s1. The first kappa shape index (κ1) is 15.6. The van der Waals surface area contributed by atoms with Crippen molar-refractivity contribution in [3.05, 3.63) is 35.9 Å². The van der Waals surface area contributed by atoms with Gasteiger partial charge in [0.2, 0.25) is 0 Å². The average molecular weight is 318 g/mol. The summed E-state index contributed by atoms with van der Waals surface area (Å²) < 4.78 is 11.5. The van der Waals surface area contributed by atoms with Crippen molar-refractivity contribution in [2.75, 3.05) is 6.61 Å². The molecule has 1 fully saturated rings. The molecule has 1 aromatic rings. The molecule has 110 valence electrons. The highest BCUT2D eigenvalue weighted by Crippen LogP contribution is 2.33. The molecule has 2 atom stereocenters. The van der Waals surface area contributed by atoms with Gasteiger partial charge in [0.15, 0.2) is 10.6 Å². The number of nitrogens with one attached hydrogen (secondary N) is 1. The minimum Gasteiger partial charge on any atom is -0.348 e. The smallest absolute Gasteiger partial charge is 0.253 e. The Kier molecular flexibility index (Phi) is 4.91. The van der Waals surface area contributed by atoms with E-state index in [4.69, 9.17) is 32.7 Å². The van der Waals surface area contributed by atoms with E-state index in [1.54, 1.807) is 0 Å². The van der Waals surface area contributed by atoms with Gasteiger partial charge in [0.1, 0.15) is 6.10 Å². The molecule has 0 aliphatic carbocycles. The molecular formula is C14H17Cl2NO3. The van der Waals surface area contributed by atoms with Gasteiger partial charge < -0.3 is 14.8 Å². The van der Waals surface area contributed by atoms with Crippen LogP contribution >= 0.6 is 23.2 Å². The number of halogens is 2. The fraction of sp³-hybridized carbons (Fsp3) is 0.500. The maximum Gasteiger partial charge on any atom is 0.253 e. The Labute approximate surface area is 128 Å². The number of rotatable bonds is 3. The number of hydrogen-bond donors (Lipinski definition) is 1. The number of carbonyl (C=O) groups excluding carboxylic acids is 1. The Bertz CT molecular complexity index is 465. The molecule has 1 amide bonds. The third-order valence-corrected chi connectivity index (χ3v) is 3.44. The van der Waals surface area contributed by atoms with E-state index in [1.165, 1.54) is 0 Å². The summed E-state index contributed by atoms with van der Waals surface area (Å²) in [5.74, 6) is -1.16. The van der Waals surface area contributed by atoms with Crippen LogP contribution in [-0.4, -0.2) is 29.2 Å². The molecule has 0 radical (unpaired) electrons. The van der Waals surface area contributed by atoms with Gasteiger partial charge >= 0.3 is 0 Å². The van der Waals surface area contributed by atoms with Crippen molar-refractivity contribution in [3.63, 3.8) is 0 Å². The van der Waals surface area contributed by atoms with Gasteiger partial charge in [-0.1, -0.05) is 53.5 Å². The summed E-state index contributed by atoms with van der Waals surface area (Å²) in [5, 5.41) is 2.75. The third-order valence-electron chi connectivity index (χ3n) is 3.04. The number of carbonyl (C=O) groups is 1. The lowest BCUT2D eigenvalue weighted by Crippen LogP contribution is -2.52. The van der Waals surface area contributed by atoms with Gasteiger partial charge in [-0.15, -0.1) is 0 Å². The monoisotopic (exact) mass is 317 g/mol. The normalized spacial score (nSPS) is 25.4. The van der Waals surface area contributed by atoms with Crippen LogP contribution in [0.15, 0.2) is 30.3 Å². The van der Waals surface area contributed by atoms with Gasteiger partial charge in [-0.3, -0.25) is 4.79 Å². The minimum absolute atomic E-state index is 0.309. The van der Waals surface area contributed by atoms with E-state index in [1.807, 2.05) is 44.2 Å². The second-order valence-corrected chi connectivity index (χ2v) is 6.17. The molecule has 1 heterocycles. The Hall–Kier alpha value is -0.810. The first-order chi connectivity index (χ1) is 9.39. The summed E-state index contributed by atoms with van der Waals surface area (Å²) in [5.41, 5.74) is 0.967. The SMILES string of the molecule is CC1(C)OC[C@@H](NC(=O)C(Cl)Cl)[C@H](c2ccccc2)O1. The zero-order valence-corrected chi connectivity index (χ0v) is 12.8. The quantitative estimate of drug-likeness (QED) is 0.872. The number of amides is 1. The molecule has 1 saturated heterocycles. The molecule has 1 aliphatic heterocycles. The third kappa shape index (κ3) is 3.85. The van der Waals surface area contributed by atoms with Gasteiger partial charge in [0.25, 0.3) is 5.91 Å². The lowest BCUT2D eigenvalue weighted by molar-refractivity contribution is -0.284. The van der Waals surface area contributed by atoms with Crippen molar-refractivity contribution in [2.45, 2.75) is 36.6 Å². The highest BCUT2D eigenvalue weighted by molar-refractivity contribution is 6.53. The van der Waals surface area contributed by atoms with Crippen molar-refractivity contribution in [1.82, 2.24) is 5.32 Å². The Balaban J connectivity index is 2.19. The van der Waals surface area contributed by atoms with Gasteiger partial charge in [-0.25, -0.2) is 0 Å². The first-order valence-corrected chi connectivity index (χ1v) is 7.21. The average Bonchev–Trinajstić information content (AvgIpc) is 2.41. The predicted molar refractivity (Wildman–Crippen MR) is 77.7 cm³/mol. The van der Waals surface area contributed by atoms with Crippen LogP contribution in [0.5, 0.6) is 0 Å². The van der Waals surface area contributed by atoms with Crippen molar-refractivity contribution in [2.24, 2.45) is 0 Å². The summed E-state index contributed by atoms with van der Waals surface area (Å²) in [6, 6.07) is 9.33. The van der Waals surface area contributed by atoms with Crippen LogP contribution in [0.4, 0.5) is 0 Å². The van der Waals surface area contributed by atoms with Crippen molar-refractivity contribution >= 4 is 29.1 Å². The summed E-state index contributed by atoms with van der Waals surface area (Å²) in [7, 11) is 0. The van der Waals surface area contributed by atoms with Gasteiger partial charge in [-0.2, -0.15) is 0 Å². The Morgan fingerprint density at radius 3 is 2.60 bits per heavy atom. The van der Waals surface area contributed by atoms with Crippen molar-refractivity contribution < 1.29 is 14.3 Å². The summed E-state index contributed by atoms with van der Waals surface area (Å²) in [6.07, 6.45) is -0.309. The van der Waals surface area contributed by atoms with E-state index in [-0.39, 0.29) is 12.1 Å². The molecule has 6 heteroatoms.